The highest BCUT2D eigenvalue weighted by Crippen LogP contribution is 2.33. The molecule has 2 nitrogen and oxygen atoms in total. The van der Waals surface area contributed by atoms with E-state index in [0.29, 0.717) is 0 Å². The van der Waals surface area contributed by atoms with Crippen LogP contribution in [0.2, 0.25) is 0 Å². The van der Waals surface area contributed by atoms with Gasteiger partial charge in [-0.25, -0.2) is 0 Å². The van der Waals surface area contributed by atoms with Crippen molar-refractivity contribution in [1.29, 1.82) is 0 Å². The third kappa shape index (κ3) is 5.34. The molecule has 2 aliphatic carbocycles. The second-order valence-corrected chi connectivity index (χ2v) is 6.07. The minimum Gasteiger partial charge on any atom is -0.390 e. The van der Waals surface area contributed by atoms with E-state index in [2.05, 4.69) is 6.08 Å². The molecule has 0 radical (unpaired) electrons. The first-order chi connectivity index (χ1) is 8.66. The summed E-state index contributed by atoms with van der Waals surface area (Å²) in [5.41, 5.74) is 1.32. The Hall–Kier alpha value is -0.630. The van der Waals surface area contributed by atoms with E-state index in [1.54, 1.807) is 5.57 Å². The van der Waals surface area contributed by atoms with Crippen molar-refractivity contribution in [3.8, 4) is 0 Å². The van der Waals surface area contributed by atoms with E-state index in [1.165, 1.54) is 51.4 Å². The molecule has 18 heavy (non-hydrogen) atoms. The lowest BCUT2D eigenvalue weighted by atomic mass is 9.89. The Kier molecular flexibility index (Phi) is 6.62. The standard InChI is InChI=1S/C15H26O.CH2O/c1-15(16)10-5-8-14(9-11-15)12-13-6-3-2-4-7-13;1-2/h12,14,16H,2-11H2,1H3;1H2. The number of carbonyl (C=O) groups is 1. The lowest BCUT2D eigenvalue weighted by molar-refractivity contribution is -0.0979. The number of rotatable bonds is 1. The maximum absolute atomic E-state index is 10.1. The van der Waals surface area contributed by atoms with Crippen LogP contribution in [-0.4, -0.2) is 17.5 Å². The summed E-state index contributed by atoms with van der Waals surface area (Å²) in [6.07, 6.45) is 15.1. The van der Waals surface area contributed by atoms with Crippen LogP contribution in [0.5, 0.6) is 0 Å². The second kappa shape index (κ2) is 7.73. The molecular weight excluding hydrogens is 224 g/mol. The van der Waals surface area contributed by atoms with Gasteiger partial charge in [0, 0.05) is 0 Å². The van der Waals surface area contributed by atoms with Crippen molar-refractivity contribution in [3.63, 3.8) is 0 Å². The van der Waals surface area contributed by atoms with Crippen LogP contribution >= 0.6 is 0 Å². The Morgan fingerprint density at radius 2 is 1.78 bits per heavy atom. The van der Waals surface area contributed by atoms with E-state index in [0.717, 1.165) is 18.8 Å². The molecule has 0 spiro atoms. The lowest BCUT2D eigenvalue weighted by Crippen LogP contribution is -2.22. The largest absolute Gasteiger partial charge is 0.390 e. The van der Waals surface area contributed by atoms with Gasteiger partial charge >= 0.3 is 0 Å². The minimum atomic E-state index is -0.389. The molecule has 0 bridgehead atoms. The monoisotopic (exact) mass is 252 g/mol. The first kappa shape index (κ1) is 15.4. The topological polar surface area (TPSA) is 37.3 Å². The molecule has 2 rings (SSSR count). The van der Waals surface area contributed by atoms with Gasteiger partial charge in [-0.1, -0.05) is 24.5 Å². The minimum absolute atomic E-state index is 0.389. The quantitative estimate of drug-likeness (QED) is 0.565. The second-order valence-electron chi connectivity index (χ2n) is 6.07. The maximum Gasteiger partial charge on any atom is 0.106 e. The molecular formula is C16H28O2. The molecule has 0 aliphatic heterocycles. The van der Waals surface area contributed by atoms with E-state index in [9.17, 15) is 5.11 Å². The molecule has 2 unspecified atom stereocenters. The molecule has 0 aromatic rings. The molecule has 0 saturated heterocycles. The highest BCUT2D eigenvalue weighted by atomic mass is 16.3. The average Bonchev–Trinajstić information content (AvgIpc) is 2.55. The van der Waals surface area contributed by atoms with Gasteiger partial charge in [0.1, 0.15) is 6.79 Å². The van der Waals surface area contributed by atoms with E-state index >= 15 is 0 Å². The van der Waals surface area contributed by atoms with Crippen LogP contribution in [-0.2, 0) is 4.79 Å². The first-order valence-electron chi connectivity index (χ1n) is 7.37. The molecule has 2 saturated carbocycles. The van der Waals surface area contributed by atoms with Crippen LogP contribution in [0.1, 0.15) is 71.1 Å². The summed E-state index contributed by atoms with van der Waals surface area (Å²) in [6.45, 7) is 4.00. The summed E-state index contributed by atoms with van der Waals surface area (Å²) in [7, 11) is 0. The van der Waals surface area contributed by atoms with Crippen molar-refractivity contribution in [1.82, 2.24) is 0 Å². The molecule has 2 aliphatic rings. The maximum atomic E-state index is 10.1. The van der Waals surface area contributed by atoms with Gasteiger partial charge in [0.25, 0.3) is 0 Å². The fraction of sp³-hybridized carbons (Fsp3) is 0.812. The van der Waals surface area contributed by atoms with Crippen molar-refractivity contribution in [3.05, 3.63) is 11.6 Å². The van der Waals surface area contributed by atoms with Crippen molar-refractivity contribution >= 4 is 6.79 Å². The van der Waals surface area contributed by atoms with Crippen molar-refractivity contribution in [2.45, 2.75) is 76.7 Å². The number of carbonyl (C=O) groups excluding carboxylic acids is 1. The van der Waals surface area contributed by atoms with Gasteiger partial charge in [-0.05, 0) is 64.2 Å². The van der Waals surface area contributed by atoms with Crippen LogP contribution < -0.4 is 0 Å². The van der Waals surface area contributed by atoms with E-state index < -0.39 is 0 Å². The fourth-order valence-corrected chi connectivity index (χ4v) is 3.18. The average molecular weight is 252 g/mol. The third-order valence-corrected chi connectivity index (χ3v) is 4.31. The molecule has 0 amide bonds. The molecule has 0 aromatic heterocycles. The van der Waals surface area contributed by atoms with Gasteiger partial charge < -0.3 is 9.90 Å². The molecule has 2 atom stereocenters. The van der Waals surface area contributed by atoms with Gasteiger partial charge in [-0.15, -0.1) is 0 Å². The van der Waals surface area contributed by atoms with Crippen LogP contribution in [0.25, 0.3) is 0 Å². The Morgan fingerprint density at radius 1 is 1.11 bits per heavy atom. The van der Waals surface area contributed by atoms with Gasteiger partial charge in [-0.2, -0.15) is 0 Å². The SMILES string of the molecule is C=O.CC1(O)CCCC(C=C2CCCCC2)CC1. The molecule has 0 aromatic carbocycles. The molecule has 2 fully saturated rings. The zero-order valence-electron chi connectivity index (χ0n) is 11.8. The van der Waals surface area contributed by atoms with Gasteiger partial charge in [0.2, 0.25) is 0 Å². The highest BCUT2D eigenvalue weighted by molar-refractivity contribution is 5.11. The Balaban J connectivity index is 0.000000771. The number of aliphatic hydroxyl groups is 1. The fourth-order valence-electron chi connectivity index (χ4n) is 3.18. The van der Waals surface area contributed by atoms with Crippen LogP contribution in [0.4, 0.5) is 0 Å². The van der Waals surface area contributed by atoms with Gasteiger partial charge in [-0.3, -0.25) is 0 Å². The normalized spacial score (nSPS) is 33.0. The molecule has 2 heteroatoms. The lowest BCUT2D eigenvalue weighted by Gasteiger charge is -2.20. The summed E-state index contributed by atoms with van der Waals surface area (Å²) in [4.78, 5) is 8.00. The van der Waals surface area contributed by atoms with Crippen LogP contribution in [0, 0.1) is 5.92 Å². The van der Waals surface area contributed by atoms with Crippen molar-refractivity contribution < 1.29 is 9.90 Å². The summed E-state index contributed by atoms with van der Waals surface area (Å²) >= 11 is 0. The number of hydrogen-bond acceptors (Lipinski definition) is 2. The zero-order chi connectivity index (χ0) is 13.4. The van der Waals surface area contributed by atoms with Crippen LogP contribution in [0.3, 0.4) is 0 Å². The van der Waals surface area contributed by atoms with Crippen molar-refractivity contribution in [2.24, 2.45) is 5.92 Å². The Bertz CT molecular complexity index is 260. The predicted octanol–water partition coefficient (Wildman–Crippen LogP) is 4.02. The molecule has 0 heterocycles. The van der Waals surface area contributed by atoms with E-state index in [1.807, 2.05) is 13.7 Å². The van der Waals surface area contributed by atoms with Crippen LogP contribution in [0.15, 0.2) is 11.6 Å². The summed E-state index contributed by atoms with van der Waals surface area (Å²) in [5, 5.41) is 10.1. The number of allylic oxidation sites excluding steroid dienone is 2. The predicted molar refractivity (Wildman–Crippen MR) is 75.5 cm³/mol. The zero-order valence-corrected chi connectivity index (χ0v) is 11.8. The van der Waals surface area contributed by atoms with E-state index in [4.69, 9.17) is 4.79 Å². The van der Waals surface area contributed by atoms with Crippen molar-refractivity contribution in [2.75, 3.05) is 0 Å². The first-order valence-corrected chi connectivity index (χ1v) is 7.37. The summed E-state index contributed by atoms with van der Waals surface area (Å²) < 4.78 is 0. The smallest absolute Gasteiger partial charge is 0.106 e. The summed E-state index contributed by atoms with van der Waals surface area (Å²) in [6, 6.07) is 0. The van der Waals surface area contributed by atoms with Gasteiger partial charge in [0.15, 0.2) is 0 Å². The highest BCUT2D eigenvalue weighted by Gasteiger charge is 2.25. The molecule has 104 valence electrons. The Labute approximate surface area is 111 Å². The third-order valence-electron chi connectivity index (χ3n) is 4.31. The molecule has 1 N–H and O–H groups in total. The van der Waals surface area contributed by atoms with E-state index in [-0.39, 0.29) is 5.60 Å². The van der Waals surface area contributed by atoms with Gasteiger partial charge in [0.05, 0.1) is 5.60 Å². The Morgan fingerprint density at radius 3 is 2.44 bits per heavy atom. The number of hydrogen-bond donors (Lipinski definition) is 1. The summed E-state index contributed by atoms with van der Waals surface area (Å²) in [5.74, 6) is 0.752.